The summed E-state index contributed by atoms with van der Waals surface area (Å²) < 4.78 is 0. The highest BCUT2D eigenvalue weighted by atomic mass is 32.1. The van der Waals surface area contributed by atoms with Crippen LogP contribution >= 0.6 is 11.3 Å². The summed E-state index contributed by atoms with van der Waals surface area (Å²) in [6.45, 7) is 12.8. The monoisotopic (exact) mass is 351 g/mol. The van der Waals surface area contributed by atoms with Gasteiger partial charge in [0.2, 0.25) is 5.91 Å². The lowest BCUT2D eigenvalue weighted by molar-refractivity contribution is -0.136. The van der Waals surface area contributed by atoms with Gasteiger partial charge < -0.3 is 10.2 Å². The molecule has 0 saturated carbocycles. The Bertz CT molecular complexity index is 534. The SMILES string of the molecule is CC(C)CN1CCN(C(=O)C(NC(=O)c2cccs2)C(C)C)CC1. The Hall–Kier alpha value is -1.40. The third-order valence-electron chi connectivity index (χ3n) is 4.27. The Morgan fingerprint density at radius 1 is 1.17 bits per heavy atom. The van der Waals surface area contributed by atoms with E-state index in [-0.39, 0.29) is 17.7 Å². The predicted octanol–water partition coefficient (Wildman–Crippen LogP) is 2.30. The van der Waals surface area contributed by atoms with Crippen molar-refractivity contribution in [2.24, 2.45) is 11.8 Å². The lowest BCUT2D eigenvalue weighted by Crippen LogP contribution is -2.56. The zero-order valence-corrected chi connectivity index (χ0v) is 15.9. The number of hydrogen-bond donors (Lipinski definition) is 1. The van der Waals surface area contributed by atoms with E-state index in [4.69, 9.17) is 0 Å². The minimum absolute atomic E-state index is 0.0408. The Kier molecular flexibility index (Phi) is 6.80. The summed E-state index contributed by atoms with van der Waals surface area (Å²) >= 11 is 1.39. The van der Waals surface area contributed by atoms with E-state index in [1.165, 1.54) is 11.3 Å². The number of thiophene rings is 1. The van der Waals surface area contributed by atoms with Crippen LogP contribution < -0.4 is 5.32 Å². The molecule has 5 nitrogen and oxygen atoms in total. The van der Waals surface area contributed by atoms with E-state index in [1.54, 1.807) is 6.07 Å². The van der Waals surface area contributed by atoms with E-state index in [2.05, 4.69) is 24.1 Å². The molecule has 2 amide bonds. The van der Waals surface area contributed by atoms with Crippen molar-refractivity contribution in [1.82, 2.24) is 15.1 Å². The number of hydrogen-bond acceptors (Lipinski definition) is 4. The van der Waals surface area contributed by atoms with E-state index in [1.807, 2.05) is 30.2 Å². The van der Waals surface area contributed by atoms with Gasteiger partial charge in [0.1, 0.15) is 6.04 Å². The molecule has 6 heteroatoms. The van der Waals surface area contributed by atoms with Gasteiger partial charge in [-0.2, -0.15) is 0 Å². The molecule has 1 aromatic rings. The van der Waals surface area contributed by atoms with Crippen molar-refractivity contribution < 1.29 is 9.59 Å². The van der Waals surface area contributed by atoms with E-state index in [0.717, 1.165) is 32.7 Å². The zero-order chi connectivity index (χ0) is 17.7. The van der Waals surface area contributed by atoms with E-state index >= 15 is 0 Å². The molecule has 1 atom stereocenters. The first-order valence-electron chi connectivity index (χ1n) is 8.74. The number of piperazine rings is 1. The number of carbonyl (C=O) groups excluding carboxylic acids is 2. The highest BCUT2D eigenvalue weighted by Gasteiger charge is 2.31. The van der Waals surface area contributed by atoms with Gasteiger partial charge in [0.05, 0.1) is 4.88 Å². The fourth-order valence-corrected chi connectivity index (χ4v) is 3.62. The molecule has 134 valence electrons. The van der Waals surface area contributed by atoms with E-state index < -0.39 is 6.04 Å². The van der Waals surface area contributed by atoms with Crippen LogP contribution in [0.25, 0.3) is 0 Å². The third-order valence-corrected chi connectivity index (χ3v) is 5.14. The molecule has 1 unspecified atom stereocenters. The Balaban J connectivity index is 1.93. The largest absolute Gasteiger partial charge is 0.339 e. The van der Waals surface area contributed by atoms with Crippen molar-refractivity contribution in [3.05, 3.63) is 22.4 Å². The van der Waals surface area contributed by atoms with Crippen molar-refractivity contribution >= 4 is 23.2 Å². The van der Waals surface area contributed by atoms with Gasteiger partial charge in [-0.3, -0.25) is 14.5 Å². The molecule has 0 spiro atoms. The number of nitrogens with one attached hydrogen (secondary N) is 1. The van der Waals surface area contributed by atoms with Crippen LogP contribution in [0.15, 0.2) is 17.5 Å². The summed E-state index contributed by atoms with van der Waals surface area (Å²) in [7, 11) is 0. The number of amides is 2. The summed E-state index contributed by atoms with van der Waals surface area (Å²) in [4.78, 5) is 30.1. The molecular formula is C18H29N3O2S. The Morgan fingerprint density at radius 2 is 1.83 bits per heavy atom. The lowest BCUT2D eigenvalue weighted by Gasteiger charge is -2.37. The average Bonchev–Trinajstić information content (AvgIpc) is 3.06. The van der Waals surface area contributed by atoms with Crippen LogP contribution in [0.1, 0.15) is 37.4 Å². The van der Waals surface area contributed by atoms with Gasteiger partial charge in [0, 0.05) is 32.7 Å². The zero-order valence-electron chi connectivity index (χ0n) is 15.1. The lowest BCUT2D eigenvalue weighted by atomic mass is 10.0. The maximum Gasteiger partial charge on any atom is 0.262 e. The van der Waals surface area contributed by atoms with Crippen LogP contribution in [-0.2, 0) is 4.79 Å². The van der Waals surface area contributed by atoms with Crippen LogP contribution in [0.4, 0.5) is 0 Å². The molecular weight excluding hydrogens is 322 g/mol. The van der Waals surface area contributed by atoms with Gasteiger partial charge in [-0.25, -0.2) is 0 Å². The minimum atomic E-state index is -0.462. The molecule has 0 bridgehead atoms. The number of nitrogens with zero attached hydrogens (tertiary/aromatic N) is 2. The molecule has 2 rings (SSSR count). The van der Waals surface area contributed by atoms with Gasteiger partial charge >= 0.3 is 0 Å². The fourth-order valence-electron chi connectivity index (χ4n) is 3.00. The summed E-state index contributed by atoms with van der Waals surface area (Å²) in [6, 6.07) is 3.17. The van der Waals surface area contributed by atoms with E-state index in [0.29, 0.717) is 10.8 Å². The molecule has 1 N–H and O–H groups in total. The highest BCUT2D eigenvalue weighted by molar-refractivity contribution is 7.12. The average molecular weight is 352 g/mol. The summed E-state index contributed by atoms with van der Waals surface area (Å²) in [5, 5.41) is 4.80. The van der Waals surface area contributed by atoms with Crippen LogP contribution in [0, 0.1) is 11.8 Å². The molecule has 24 heavy (non-hydrogen) atoms. The summed E-state index contributed by atoms with van der Waals surface area (Å²) in [5.41, 5.74) is 0. The minimum Gasteiger partial charge on any atom is -0.339 e. The van der Waals surface area contributed by atoms with Crippen LogP contribution in [-0.4, -0.2) is 60.4 Å². The maximum absolute atomic E-state index is 12.9. The number of rotatable bonds is 6. The first-order chi connectivity index (χ1) is 11.4. The topological polar surface area (TPSA) is 52.6 Å². The molecule has 0 radical (unpaired) electrons. The first-order valence-corrected chi connectivity index (χ1v) is 9.62. The molecule has 0 aliphatic carbocycles. The molecule has 1 saturated heterocycles. The quantitative estimate of drug-likeness (QED) is 0.856. The van der Waals surface area contributed by atoms with Crippen LogP contribution in [0.5, 0.6) is 0 Å². The van der Waals surface area contributed by atoms with Crippen molar-refractivity contribution in [2.45, 2.75) is 33.7 Å². The molecule has 0 aromatic carbocycles. The maximum atomic E-state index is 12.9. The number of carbonyl (C=O) groups is 2. The Labute approximate surface area is 149 Å². The standard InChI is InChI=1S/C18H29N3O2S/c1-13(2)12-20-7-9-21(10-8-20)18(23)16(14(3)4)19-17(22)15-6-5-11-24-15/h5-6,11,13-14,16H,7-10,12H2,1-4H3,(H,19,22). The highest BCUT2D eigenvalue weighted by Crippen LogP contribution is 2.13. The van der Waals surface area contributed by atoms with Gasteiger partial charge in [-0.15, -0.1) is 11.3 Å². The van der Waals surface area contributed by atoms with Gasteiger partial charge in [-0.05, 0) is 23.3 Å². The van der Waals surface area contributed by atoms with Gasteiger partial charge in [0.25, 0.3) is 5.91 Å². The van der Waals surface area contributed by atoms with Gasteiger partial charge in [0.15, 0.2) is 0 Å². The van der Waals surface area contributed by atoms with Crippen molar-refractivity contribution in [3.8, 4) is 0 Å². The fraction of sp³-hybridized carbons (Fsp3) is 0.667. The van der Waals surface area contributed by atoms with Crippen LogP contribution in [0.2, 0.25) is 0 Å². The third kappa shape index (κ3) is 5.05. The molecule has 2 heterocycles. The van der Waals surface area contributed by atoms with Crippen molar-refractivity contribution in [1.29, 1.82) is 0 Å². The second-order valence-electron chi connectivity index (χ2n) is 7.19. The second kappa shape index (κ2) is 8.62. The van der Waals surface area contributed by atoms with Gasteiger partial charge in [-0.1, -0.05) is 33.8 Å². The molecule has 1 aliphatic rings. The molecule has 1 fully saturated rings. The Morgan fingerprint density at radius 3 is 2.33 bits per heavy atom. The predicted molar refractivity (Wildman–Crippen MR) is 98.3 cm³/mol. The van der Waals surface area contributed by atoms with Crippen molar-refractivity contribution in [3.63, 3.8) is 0 Å². The molecule has 1 aromatic heterocycles. The molecule has 1 aliphatic heterocycles. The van der Waals surface area contributed by atoms with E-state index in [9.17, 15) is 9.59 Å². The smallest absolute Gasteiger partial charge is 0.262 e. The van der Waals surface area contributed by atoms with Crippen LogP contribution in [0.3, 0.4) is 0 Å². The summed E-state index contributed by atoms with van der Waals surface area (Å²) in [6.07, 6.45) is 0. The first kappa shape index (κ1) is 18.9. The normalized spacial score (nSPS) is 17.3. The van der Waals surface area contributed by atoms with Crippen molar-refractivity contribution in [2.75, 3.05) is 32.7 Å². The second-order valence-corrected chi connectivity index (χ2v) is 8.14. The summed E-state index contributed by atoms with van der Waals surface area (Å²) in [5.74, 6) is 0.588.